The highest BCUT2D eigenvalue weighted by molar-refractivity contribution is 7.10. The van der Waals surface area contributed by atoms with Gasteiger partial charge in [0.15, 0.2) is 5.72 Å². The number of carbonyl (C=O) groups excluding carboxylic acids is 5. The molecular formula is C50H65N9O8S. The molecule has 4 aromatic rings. The molecule has 364 valence electrons. The number of nitrogens with zero attached hydrogens (tertiary/aromatic N) is 7. The third-order valence-electron chi connectivity index (χ3n) is 13.8. The number of pyridine rings is 1. The van der Waals surface area contributed by atoms with E-state index < -0.39 is 53.1 Å². The summed E-state index contributed by atoms with van der Waals surface area (Å²) >= 11 is 1.40. The first kappa shape index (κ1) is 48.8. The van der Waals surface area contributed by atoms with E-state index in [9.17, 15) is 24.0 Å². The molecule has 1 spiro atoms. The summed E-state index contributed by atoms with van der Waals surface area (Å²) in [5, 5.41) is 8.08. The number of amides is 5. The van der Waals surface area contributed by atoms with Gasteiger partial charge in [0.2, 0.25) is 11.8 Å². The van der Waals surface area contributed by atoms with Crippen LogP contribution in [0, 0.1) is 11.3 Å². The third kappa shape index (κ3) is 9.39. The summed E-state index contributed by atoms with van der Waals surface area (Å²) in [6.07, 6.45) is 4.97. The van der Waals surface area contributed by atoms with Crippen molar-refractivity contribution in [3.8, 4) is 22.5 Å². The van der Waals surface area contributed by atoms with Crippen molar-refractivity contribution in [3.63, 3.8) is 0 Å². The van der Waals surface area contributed by atoms with E-state index in [-0.39, 0.29) is 44.0 Å². The van der Waals surface area contributed by atoms with Crippen molar-refractivity contribution < 1.29 is 38.2 Å². The quantitative estimate of drug-likeness (QED) is 0.155. The number of likely N-dealkylation sites (N-methyl/N-ethyl adjacent to an activating group) is 1. The molecule has 4 atom stereocenters. The Balaban J connectivity index is 1.15. The Labute approximate surface area is 402 Å². The molecule has 3 saturated heterocycles. The second-order valence-corrected chi connectivity index (χ2v) is 20.5. The number of cyclic esters (lactones) is 1. The van der Waals surface area contributed by atoms with Crippen LogP contribution in [0.15, 0.2) is 54.6 Å². The molecule has 6 bridgehead atoms. The van der Waals surface area contributed by atoms with E-state index in [4.69, 9.17) is 24.2 Å². The minimum atomic E-state index is -1.11. The van der Waals surface area contributed by atoms with Gasteiger partial charge < -0.3 is 33.9 Å². The molecule has 2 N–H and O–H groups in total. The maximum atomic E-state index is 14.7. The standard InChI is InChI=1S/C50H65N9O8S/c1-10-41(60)56-27-50(28-56)58(20-14-22-67-50)48(64)55(8)43(30(3)4)45(61)53-37-24-40-52-38(26-68-40)32-17-18-39-34(23-32)35(44(57(39)11-2)33-15-12-19-51-42(33)31(5)65-9)25-49(6,7)29-66-47(63)36-16-13-21-59(54-36)46(37)62/h10,12,15,17-19,23,26,30-31,36-37,43,54H,1,11,13-14,16,20-22,24-25,27-29H2,2-9H3,(H,53,61)/t31-,36-,37-,43?/m0/s1. The molecule has 0 radical (unpaired) electrons. The van der Waals surface area contributed by atoms with Gasteiger partial charge in [0.05, 0.1) is 54.5 Å². The van der Waals surface area contributed by atoms with Gasteiger partial charge in [-0.2, -0.15) is 0 Å². The molecule has 18 heteroatoms. The molecule has 1 unspecified atom stereocenters. The van der Waals surface area contributed by atoms with E-state index in [2.05, 4.69) is 66.9 Å². The van der Waals surface area contributed by atoms with Crippen LogP contribution in [-0.4, -0.2) is 141 Å². The third-order valence-corrected chi connectivity index (χ3v) is 14.6. The first-order valence-corrected chi connectivity index (χ1v) is 24.6. The van der Waals surface area contributed by atoms with Crippen molar-refractivity contribution in [3.05, 3.63) is 70.8 Å². The van der Waals surface area contributed by atoms with Crippen LogP contribution >= 0.6 is 11.3 Å². The maximum absolute atomic E-state index is 14.7. The number of rotatable bonds is 9. The van der Waals surface area contributed by atoms with Crippen LogP contribution in [0.2, 0.25) is 0 Å². The average Bonchev–Trinajstić information content (AvgIpc) is 3.92. The fourth-order valence-electron chi connectivity index (χ4n) is 10.2. The number of hydrazine groups is 1. The number of hydrogen-bond donors (Lipinski definition) is 2. The number of likely N-dealkylation sites (tertiary alicyclic amines) is 1. The summed E-state index contributed by atoms with van der Waals surface area (Å²) in [5.41, 5.74) is 8.21. The molecular weight excluding hydrogens is 887 g/mol. The van der Waals surface area contributed by atoms with Gasteiger partial charge in [0.1, 0.15) is 18.1 Å². The van der Waals surface area contributed by atoms with E-state index in [0.717, 1.165) is 44.7 Å². The molecule has 0 aliphatic carbocycles. The summed E-state index contributed by atoms with van der Waals surface area (Å²) < 4.78 is 20.4. The van der Waals surface area contributed by atoms with Crippen molar-refractivity contribution in [1.82, 2.24) is 45.0 Å². The predicted molar refractivity (Wildman–Crippen MR) is 258 cm³/mol. The monoisotopic (exact) mass is 951 g/mol. The molecule has 5 amide bonds. The van der Waals surface area contributed by atoms with Crippen LogP contribution in [0.1, 0.15) is 83.2 Å². The topological polar surface area (TPSA) is 181 Å². The van der Waals surface area contributed by atoms with Gasteiger partial charge in [-0.05, 0) is 81.4 Å². The lowest BCUT2D eigenvalue weighted by Crippen LogP contribution is -2.76. The first-order chi connectivity index (χ1) is 32.5. The van der Waals surface area contributed by atoms with Gasteiger partial charge in [-0.1, -0.05) is 40.3 Å². The van der Waals surface area contributed by atoms with Gasteiger partial charge in [-0.25, -0.2) is 15.2 Å². The minimum absolute atomic E-state index is 0.0563. The predicted octanol–water partition coefficient (Wildman–Crippen LogP) is 5.73. The second kappa shape index (κ2) is 19.7. The van der Waals surface area contributed by atoms with Crippen LogP contribution in [0.25, 0.3) is 33.4 Å². The van der Waals surface area contributed by atoms with Crippen LogP contribution < -0.4 is 10.7 Å². The molecule has 3 aromatic heterocycles. The highest BCUT2D eigenvalue weighted by atomic mass is 32.1. The molecule has 4 aliphatic rings. The van der Waals surface area contributed by atoms with Crippen molar-refractivity contribution in [1.29, 1.82) is 0 Å². The minimum Gasteiger partial charge on any atom is -0.464 e. The lowest BCUT2D eigenvalue weighted by molar-refractivity contribution is -0.234. The summed E-state index contributed by atoms with van der Waals surface area (Å²) in [4.78, 5) is 84.6. The Kier molecular flexibility index (Phi) is 14.1. The van der Waals surface area contributed by atoms with Crippen molar-refractivity contribution in [2.24, 2.45) is 11.3 Å². The summed E-state index contributed by atoms with van der Waals surface area (Å²) in [6.45, 7) is 17.9. The summed E-state index contributed by atoms with van der Waals surface area (Å²) in [6, 6.07) is 7.08. The van der Waals surface area contributed by atoms with E-state index in [1.165, 1.54) is 27.3 Å². The van der Waals surface area contributed by atoms with Gasteiger partial charge in [-0.3, -0.25) is 34.1 Å². The first-order valence-electron chi connectivity index (χ1n) is 23.7. The van der Waals surface area contributed by atoms with Crippen LogP contribution in [-0.2, 0) is 52.8 Å². The highest BCUT2D eigenvalue weighted by Gasteiger charge is 2.55. The Morgan fingerprint density at radius 1 is 1.13 bits per heavy atom. The number of hydrogen-bond acceptors (Lipinski definition) is 12. The average molecular weight is 952 g/mol. The molecule has 3 fully saturated rings. The van der Waals surface area contributed by atoms with E-state index in [1.807, 2.05) is 32.2 Å². The lowest BCUT2D eigenvalue weighted by atomic mass is 9.84. The highest BCUT2D eigenvalue weighted by Crippen LogP contribution is 2.42. The van der Waals surface area contributed by atoms with Crippen LogP contribution in [0.3, 0.4) is 0 Å². The van der Waals surface area contributed by atoms with Gasteiger partial charge in [0, 0.05) is 79.2 Å². The number of methoxy groups -OCH3 is 1. The largest absolute Gasteiger partial charge is 0.464 e. The number of urea groups is 1. The van der Waals surface area contributed by atoms with Crippen LogP contribution in [0.5, 0.6) is 0 Å². The SMILES string of the molecule is C=CC(=O)N1CC2(C1)OCCCN2C(=O)N(C)C(C(=O)N[C@H]1Cc2nc(cs2)-c2ccc3c(c2)c(c(-c2cccnc2[C@H](C)OC)n3CC)CC(C)(C)COC(=O)[C@@H]2CCCN(N2)C1=O)C(C)C. The zero-order valence-electron chi connectivity index (χ0n) is 40.5. The van der Waals surface area contributed by atoms with E-state index >= 15 is 0 Å². The molecule has 7 heterocycles. The molecule has 4 aliphatic heterocycles. The Morgan fingerprint density at radius 2 is 1.91 bits per heavy atom. The number of fused-ring (bicyclic) bond motifs is 6. The summed E-state index contributed by atoms with van der Waals surface area (Å²) in [5.74, 6) is -2.03. The molecule has 8 rings (SSSR count). The maximum Gasteiger partial charge on any atom is 0.324 e. The zero-order valence-corrected chi connectivity index (χ0v) is 41.3. The Hall–Kier alpha value is -5.69. The van der Waals surface area contributed by atoms with Gasteiger partial charge >= 0.3 is 12.0 Å². The number of carbonyl (C=O) groups is 5. The van der Waals surface area contributed by atoms with Gasteiger partial charge in [0.25, 0.3) is 5.91 Å². The smallest absolute Gasteiger partial charge is 0.324 e. The van der Waals surface area contributed by atoms with Crippen molar-refractivity contribution >= 4 is 52.0 Å². The Morgan fingerprint density at radius 3 is 2.63 bits per heavy atom. The molecule has 0 saturated carbocycles. The normalized spacial score (nSPS) is 21.5. The number of ether oxygens (including phenoxy) is 3. The van der Waals surface area contributed by atoms with Crippen LogP contribution in [0.4, 0.5) is 4.79 Å². The number of aryl methyl sites for hydroxylation is 1. The zero-order chi connectivity index (χ0) is 48.7. The summed E-state index contributed by atoms with van der Waals surface area (Å²) in [7, 11) is 3.26. The number of thiazole rings is 1. The van der Waals surface area contributed by atoms with Crippen molar-refractivity contribution in [2.45, 2.75) is 110 Å². The van der Waals surface area contributed by atoms with E-state index in [1.54, 1.807) is 30.2 Å². The second-order valence-electron chi connectivity index (χ2n) is 19.6. The number of aromatic nitrogens is 3. The number of esters is 1. The van der Waals surface area contributed by atoms with Crippen molar-refractivity contribution in [2.75, 3.05) is 53.6 Å². The fourth-order valence-corrected chi connectivity index (χ4v) is 11.0. The molecule has 1 aromatic carbocycles. The van der Waals surface area contributed by atoms with E-state index in [0.29, 0.717) is 56.9 Å². The number of nitrogens with one attached hydrogen (secondary N) is 2. The lowest BCUT2D eigenvalue weighted by Gasteiger charge is -2.57. The number of benzene rings is 1. The Bertz CT molecular complexity index is 2580. The van der Waals surface area contributed by atoms with Gasteiger partial charge in [-0.15, -0.1) is 11.3 Å². The molecule has 68 heavy (non-hydrogen) atoms. The molecule has 17 nitrogen and oxygen atoms in total. The fraction of sp³-hybridized carbons (Fsp3) is 0.540.